The highest BCUT2D eigenvalue weighted by molar-refractivity contribution is 5.78. The fourth-order valence-corrected chi connectivity index (χ4v) is 2.23. The number of hydrogen-bond acceptors (Lipinski definition) is 5. The Bertz CT molecular complexity index is 310. The van der Waals surface area contributed by atoms with Crippen molar-refractivity contribution >= 4 is 5.91 Å². The average Bonchev–Trinajstić information content (AvgIpc) is 2.79. The Hall–Kier alpha value is -1.16. The van der Waals surface area contributed by atoms with E-state index in [4.69, 9.17) is 14.7 Å². The van der Waals surface area contributed by atoms with Gasteiger partial charge in [0.2, 0.25) is 5.91 Å². The molecule has 0 bridgehead atoms. The van der Waals surface area contributed by atoms with Gasteiger partial charge in [-0.05, 0) is 0 Å². The molecule has 2 heterocycles. The highest BCUT2D eigenvalue weighted by Crippen LogP contribution is 2.30. The zero-order chi connectivity index (χ0) is 12.1. The monoisotopic (exact) mass is 239 g/mol. The molecule has 6 heteroatoms. The molecule has 2 rings (SSSR count). The molecule has 17 heavy (non-hydrogen) atoms. The SMILES string of the molecule is N#CCNC(=O)CN1CCC2(CC1)OCCO2. The standard InChI is InChI=1S/C11H17N3O3/c12-3-4-13-10(15)9-14-5-1-11(2-6-14)16-7-8-17-11/h1-2,4-9H2,(H,13,15). The minimum atomic E-state index is -0.389. The number of nitrogens with zero attached hydrogens (tertiary/aromatic N) is 2. The van der Waals surface area contributed by atoms with E-state index < -0.39 is 0 Å². The van der Waals surface area contributed by atoms with Crippen molar-refractivity contribution in [2.45, 2.75) is 18.6 Å². The van der Waals surface area contributed by atoms with Crippen LogP contribution in [0, 0.1) is 11.3 Å². The minimum absolute atomic E-state index is 0.0723. The largest absolute Gasteiger partial charge is 0.347 e. The van der Waals surface area contributed by atoms with Crippen LogP contribution in [0.1, 0.15) is 12.8 Å². The van der Waals surface area contributed by atoms with Crippen LogP contribution in [0.5, 0.6) is 0 Å². The number of rotatable bonds is 3. The lowest BCUT2D eigenvalue weighted by atomic mass is 10.0. The molecule has 0 unspecified atom stereocenters. The molecule has 2 saturated heterocycles. The molecule has 2 aliphatic heterocycles. The van der Waals surface area contributed by atoms with Gasteiger partial charge in [0.1, 0.15) is 6.54 Å². The van der Waals surface area contributed by atoms with Crippen LogP contribution in [0.15, 0.2) is 0 Å². The summed E-state index contributed by atoms with van der Waals surface area (Å²) in [6.45, 7) is 3.34. The molecular formula is C11H17N3O3. The highest BCUT2D eigenvalue weighted by atomic mass is 16.7. The van der Waals surface area contributed by atoms with Crippen LogP contribution in [-0.4, -0.2) is 56.0 Å². The highest BCUT2D eigenvalue weighted by Gasteiger charge is 2.39. The molecule has 0 aromatic carbocycles. The average molecular weight is 239 g/mol. The van der Waals surface area contributed by atoms with Gasteiger partial charge in [0.05, 0.1) is 25.8 Å². The summed E-state index contributed by atoms with van der Waals surface area (Å²) in [5, 5.41) is 10.9. The lowest BCUT2D eigenvalue weighted by molar-refractivity contribution is -0.185. The van der Waals surface area contributed by atoms with Crippen LogP contribution in [0.3, 0.4) is 0 Å². The van der Waals surface area contributed by atoms with E-state index >= 15 is 0 Å². The first-order chi connectivity index (χ1) is 8.24. The lowest BCUT2D eigenvalue weighted by Crippen LogP contribution is -2.48. The van der Waals surface area contributed by atoms with Gasteiger partial charge in [-0.1, -0.05) is 0 Å². The van der Waals surface area contributed by atoms with Crippen LogP contribution in [0.25, 0.3) is 0 Å². The first-order valence-corrected chi connectivity index (χ1v) is 5.88. The van der Waals surface area contributed by atoms with Crippen LogP contribution < -0.4 is 5.32 Å². The van der Waals surface area contributed by atoms with Crippen molar-refractivity contribution in [1.29, 1.82) is 5.26 Å². The van der Waals surface area contributed by atoms with Crippen LogP contribution in [0.2, 0.25) is 0 Å². The summed E-state index contributed by atoms with van der Waals surface area (Å²) < 4.78 is 11.2. The predicted molar refractivity (Wildman–Crippen MR) is 58.9 cm³/mol. The first-order valence-electron chi connectivity index (χ1n) is 5.88. The summed E-state index contributed by atoms with van der Waals surface area (Å²) >= 11 is 0. The molecule has 0 aromatic heterocycles. The number of carbonyl (C=O) groups is 1. The molecule has 1 amide bonds. The molecular weight excluding hydrogens is 222 g/mol. The summed E-state index contributed by atoms with van der Waals surface area (Å²) in [6.07, 6.45) is 1.61. The Kier molecular flexibility index (Phi) is 3.94. The summed E-state index contributed by atoms with van der Waals surface area (Å²) in [4.78, 5) is 13.5. The topological polar surface area (TPSA) is 74.6 Å². The smallest absolute Gasteiger partial charge is 0.235 e. The van der Waals surface area contributed by atoms with Crippen LogP contribution >= 0.6 is 0 Å². The second-order valence-electron chi connectivity index (χ2n) is 4.32. The van der Waals surface area contributed by atoms with E-state index in [-0.39, 0.29) is 18.2 Å². The summed E-state index contributed by atoms with van der Waals surface area (Å²) in [6, 6.07) is 1.88. The number of likely N-dealkylation sites (tertiary alicyclic amines) is 1. The molecule has 0 radical (unpaired) electrons. The van der Waals surface area contributed by atoms with E-state index in [2.05, 4.69) is 10.2 Å². The number of amides is 1. The Morgan fingerprint density at radius 2 is 2.00 bits per heavy atom. The van der Waals surface area contributed by atoms with Crippen molar-refractivity contribution in [3.8, 4) is 6.07 Å². The van der Waals surface area contributed by atoms with Crippen molar-refractivity contribution in [3.63, 3.8) is 0 Å². The van der Waals surface area contributed by atoms with E-state index in [0.29, 0.717) is 19.8 Å². The molecule has 94 valence electrons. The van der Waals surface area contributed by atoms with Crippen molar-refractivity contribution in [2.24, 2.45) is 0 Å². The third kappa shape index (κ3) is 3.16. The third-order valence-corrected chi connectivity index (χ3v) is 3.16. The van der Waals surface area contributed by atoms with E-state index in [0.717, 1.165) is 25.9 Å². The Balaban J connectivity index is 1.72. The number of nitriles is 1. The minimum Gasteiger partial charge on any atom is -0.347 e. The fourth-order valence-electron chi connectivity index (χ4n) is 2.23. The fraction of sp³-hybridized carbons (Fsp3) is 0.818. The normalized spacial score (nSPS) is 23.5. The third-order valence-electron chi connectivity index (χ3n) is 3.16. The quantitative estimate of drug-likeness (QED) is 0.670. The van der Waals surface area contributed by atoms with Crippen molar-refractivity contribution < 1.29 is 14.3 Å². The van der Waals surface area contributed by atoms with Gasteiger partial charge in [-0.3, -0.25) is 9.69 Å². The van der Waals surface area contributed by atoms with Crippen LogP contribution in [-0.2, 0) is 14.3 Å². The maximum absolute atomic E-state index is 11.4. The Morgan fingerprint density at radius 3 is 2.59 bits per heavy atom. The van der Waals surface area contributed by atoms with Crippen LogP contribution in [0.4, 0.5) is 0 Å². The number of hydrogen-bond donors (Lipinski definition) is 1. The van der Waals surface area contributed by atoms with Crippen molar-refractivity contribution in [1.82, 2.24) is 10.2 Å². The Labute approximate surface area is 100 Å². The summed E-state index contributed by atoms with van der Waals surface area (Å²) in [7, 11) is 0. The van der Waals surface area contributed by atoms with Gasteiger partial charge in [-0.2, -0.15) is 5.26 Å². The molecule has 1 N–H and O–H groups in total. The predicted octanol–water partition coefficient (Wildman–Crippen LogP) is -0.535. The van der Waals surface area contributed by atoms with Crippen molar-refractivity contribution in [2.75, 3.05) is 39.4 Å². The molecule has 0 aliphatic carbocycles. The van der Waals surface area contributed by atoms with Gasteiger partial charge >= 0.3 is 0 Å². The number of piperidine rings is 1. The first kappa shape index (κ1) is 12.3. The maximum Gasteiger partial charge on any atom is 0.235 e. The number of ether oxygens (including phenoxy) is 2. The molecule has 0 aromatic rings. The molecule has 0 atom stereocenters. The zero-order valence-corrected chi connectivity index (χ0v) is 9.78. The van der Waals surface area contributed by atoms with E-state index in [1.165, 1.54) is 0 Å². The van der Waals surface area contributed by atoms with E-state index in [9.17, 15) is 4.79 Å². The van der Waals surface area contributed by atoms with Gasteiger partial charge in [-0.25, -0.2) is 0 Å². The van der Waals surface area contributed by atoms with Gasteiger partial charge in [-0.15, -0.1) is 0 Å². The van der Waals surface area contributed by atoms with Gasteiger partial charge in [0.25, 0.3) is 0 Å². The van der Waals surface area contributed by atoms with Crippen molar-refractivity contribution in [3.05, 3.63) is 0 Å². The number of carbonyl (C=O) groups excluding carboxylic acids is 1. The molecule has 0 saturated carbocycles. The molecule has 6 nitrogen and oxygen atoms in total. The van der Waals surface area contributed by atoms with Gasteiger partial charge < -0.3 is 14.8 Å². The zero-order valence-electron chi connectivity index (χ0n) is 9.78. The van der Waals surface area contributed by atoms with Gasteiger partial charge in [0, 0.05) is 25.9 Å². The Morgan fingerprint density at radius 1 is 1.35 bits per heavy atom. The molecule has 1 spiro atoms. The van der Waals surface area contributed by atoms with Gasteiger partial charge in [0.15, 0.2) is 5.79 Å². The van der Waals surface area contributed by atoms with E-state index in [1.54, 1.807) is 0 Å². The molecule has 2 fully saturated rings. The summed E-state index contributed by atoms with van der Waals surface area (Å²) in [5.74, 6) is -0.490. The number of nitrogens with one attached hydrogen (secondary N) is 1. The second-order valence-corrected chi connectivity index (χ2v) is 4.32. The molecule has 2 aliphatic rings. The summed E-state index contributed by atoms with van der Waals surface area (Å²) in [5.41, 5.74) is 0. The second kappa shape index (κ2) is 5.45. The lowest BCUT2D eigenvalue weighted by Gasteiger charge is -2.37. The van der Waals surface area contributed by atoms with E-state index in [1.807, 2.05) is 6.07 Å². The maximum atomic E-state index is 11.4.